The Labute approximate surface area is 163 Å². The van der Waals surface area contributed by atoms with Gasteiger partial charge in [0.2, 0.25) is 17.6 Å². The molecule has 4 rings (SSSR count). The number of benzene rings is 2. The van der Waals surface area contributed by atoms with Gasteiger partial charge in [0, 0.05) is 13.0 Å². The van der Waals surface area contributed by atoms with Crippen molar-refractivity contribution >= 4 is 17.9 Å². The number of nitrogens with zero attached hydrogens (tertiary/aromatic N) is 3. The molecule has 0 fully saturated rings. The summed E-state index contributed by atoms with van der Waals surface area (Å²) in [6.45, 7) is 1.84. The summed E-state index contributed by atoms with van der Waals surface area (Å²) in [7, 11) is 0. The lowest BCUT2D eigenvalue weighted by Gasteiger charge is -2.03. The molecule has 1 aliphatic rings. The lowest BCUT2D eigenvalue weighted by atomic mass is 10.2. The van der Waals surface area contributed by atoms with Crippen LogP contribution in [0.25, 0.3) is 6.08 Å². The molecule has 0 N–H and O–H groups in total. The number of carbonyl (C=O) groups excluding carboxylic acids is 1. The van der Waals surface area contributed by atoms with Crippen LogP contribution >= 0.6 is 0 Å². The van der Waals surface area contributed by atoms with Crippen molar-refractivity contribution in [3.8, 4) is 5.75 Å². The Kier molecular flexibility index (Phi) is 4.86. The molecule has 146 valence electrons. The molecule has 9 heteroatoms. The highest BCUT2D eigenvalue weighted by Gasteiger charge is 2.26. The van der Waals surface area contributed by atoms with Crippen molar-refractivity contribution in [1.29, 1.82) is 0 Å². The van der Waals surface area contributed by atoms with Gasteiger partial charge in [-0.1, -0.05) is 17.3 Å². The van der Waals surface area contributed by atoms with E-state index in [1.165, 1.54) is 6.08 Å². The third kappa shape index (κ3) is 4.18. The fraction of sp³-hybridized carbons (Fsp3) is 0.100. The topological polar surface area (TPSA) is 86.8 Å². The Balaban J connectivity index is 1.48. The maximum atomic E-state index is 13.9. The van der Waals surface area contributed by atoms with Crippen molar-refractivity contribution in [2.45, 2.75) is 13.5 Å². The lowest BCUT2D eigenvalue weighted by Crippen LogP contribution is -2.07. The van der Waals surface area contributed by atoms with Gasteiger partial charge in [0.25, 0.3) is 0 Å². The molecular weight excluding hydrogens is 384 g/mol. The van der Waals surface area contributed by atoms with E-state index < -0.39 is 17.6 Å². The van der Waals surface area contributed by atoms with Crippen LogP contribution in [0.1, 0.15) is 22.8 Å². The zero-order valence-electron chi connectivity index (χ0n) is 15.1. The SMILES string of the molecule is Cc1nc(COc2ccc(/C=C3/N=C(c4ccc(F)cc4F)OC3=O)cc2)no1. The van der Waals surface area contributed by atoms with Gasteiger partial charge in [0.15, 0.2) is 12.3 Å². The summed E-state index contributed by atoms with van der Waals surface area (Å²) in [5.41, 5.74) is 0.563. The molecular formula is C20H13F2N3O4. The molecule has 3 aromatic rings. The molecule has 1 aliphatic heterocycles. The molecule has 0 saturated carbocycles. The Morgan fingerprint density at radius 2 is 1.93 bits per heavy atom. The predicted octanol–water partition coefficient (Wildman–Crippen LogP) is 3.58. The van der Waals surface area contributed by atoms with Gasteiger partial charge in [0.05, 0.1) is 5.56 Å². The second-order valence-electron chi connectivity index (χ2n) is 6.05. The summed E-state index contributed by atoms with van der Waals surface area (Å²) in [6.07, 6.45) is 1.49. The van der Waals surface area contributed by atoms with Crippen molar-refractivity contribution in [2.24, 2.45) is 4.99 Å². The van der Waals surface area contributed by atoms with E-state index in [1.54, 1.807) is 31.2 Å². The van der Waals surface area contributed by atoms with Crippen molar-refractivity contribution < 1.29 is 27.6 Å². The molecule has 7 nitrogen and oxygen atoms in total. The van der Waals surface area contributed by atoms with E-state index in [4.69, 9.17) is 14.0 Å². The van der Waals surface area contributed by atoms with Gasteiger partial charge in [-0.2, -0.15) is 4.98 Å². The molecule has 0 amide bonds. The number of halogens is 2. The van der Waals surface area contributed by atoms with Crippen LogP contribution < -0.4 is 4.74 Å². The Bertz CT molecular complexity index is 1140. The molecule has 0 spiro atoms. The number of aryl methyl sites for hydroxylation is 1. The number of aromatic nitrogens is 2. The first kappa shape index (κ1) is 18.5. The number of carbonyl (C=O) groups is 1. The quantitative estimate of drug-likeness (QED) is 0.483. The van der Waals surface area contributed by atoms with E-state index in [1.807, 2.05) is 0 Å². The first-order valence-electron chi connectivity index (χ1n) is 8.48. The number of hydrogen-bond donors (Lipinski definition) is 0. The zero-order valence-corrected chi connectivity index (χ0v) is 15.1. The third-order valence-corrected chi connectivity index (χ3v) is 3.90. The van der Waals surface area contributed by atoms with Gasteiger partial charge in [-0.25, -0.2) is 18.6 Å². The second-order valence-corrected chi connectivity index (χ2v) is 6.05. The van der Waals surface area contributed by atoms with E-state index in [0.29, 0.717) is 29.1 Å². The molecule has 0 aliphatic carbocycles. The monoisotopic (exact) mass is 397 g/mol. The highest BCUT2D eigenvalue weighted by molar-refractivity contribution is 6.12. The van der Waals surface area contributed by atoms with Gasteiger partial charge >= 0.3 is 5.97 Å². The number of aliphatic imine (C=N–C) groups is 1. The maximum Gasteiger partial charge on any atom is 0.363 e. The van der Waals surface area contributed by atoms with Crippen molar-refractivity contribution in [1.82, 2.24) is 10.1 Å². The van der Waals surface area contributed by atoms with E-state index in [9.17, 15) is 13.6 Å². The highest BCUT2D eigenvalue weighted by atomic mass is 19.1. The van der Waals surface area contributed by atoms with Crippen molar-refractivity contribution in [3.05, 3.63) is 82.6 Å². The number of cyclic esters (lactones) is 1. The molecule has 0 bridgehead atoms. The van der Waals surface area contributed by atoms with Crippen LogP contribution in [0.2, 0.25) is 0 Å². The van der Waals surface area contributed by atoms with Crippen LogP contribution in [0.15, 0.2) is 57.7 Å². The van der Waals surface area contributed by atoms with E-state index in [0.717, 1.165) is 12.1 Å². The van der Waals surface area contributed by atoms with Crippen LogP contribution in [-0.4, -0.2) is 22.0 Å². The average Bonchev–Trinajstić information content (AvgIpc) is 3.27. The van der Waals surface area contributed by atoms with Crippen LogP contribution in [0.5, 0.6) is 5.75 Å². The fourth-order valence-electron chi connectivity index (χ4n) is 2.55. The first-order valence-corrected chi connectivity index (χ1v) is 8.48. The first-order chi connectivity index (χ1) is 14.0. The van der Waals surface area contributed by atoms with Gasteiger partial charge in [-0.3, -0.25) is 0 Å². The highest BCUT2D eigenvalue weighted by Crippen LogP contribution is 2.22. The van der Waals surface area contributed by atoms with Crippen LogP contribution in [0.3, 0.4) is 0 Å². The van der Waals surface area contributed by atoms with Gasteiger partial charge in [0.1, 0.15) is 17.4 Å². The minimum atomic E-state index is -0.865. The van der Waals surface area contributed by atoms with E-state index in [2.05, 4.69) is 15.1 Å². The molecule has 0 radical (unpaired) electrons. The van der Waals surface area contributed by atoms with Crippen molar-refractivity contribution in [2.75, 3.05) is 0 Å². The average molecular weight is 397 g/mol. The smallest absolute Gasteiger partial charge is 0.363 e. The Morgan fingerprint density at radius 1 is 1.14 bits per heavy atom. The molecule has 0 atom stereocenters. The Morgan fingerprint density at radius 3 is 2.62 bits per heavy atom. The van der Waals surface area contributed by atoms with Crippen LogP contribution in [0.4, 0.5) is 8.78 Å². The summed E-state index contributed by atoms with van der Waals surface area (Å²) in [4.78, 5) is 20.1. The minimum absolute atomic E-state index is 0.000310. The van der Waals surface area contributed by atoms with E-state index in [-0.39, 0.29) is 23.8 Å². The predicted molar refractivity (Wildman–Crippen MR) is 96.8 cm³/mol. The Hall–Kier alpha value is -3.88. The van der Waals surface area contributed by atoms with Crippen LogP contribution in [0, 0.1) is 18.6 Å². The molecule has 2 heterocycles. The summed E-state index contributed by atoms with van der Waals surface area (Å²) < 4.78 is 42.3. The molecule has 29 heavy (non-hydrogen) atoms. The molecule has 2 aromatic carbocycles. The van der Waals surface area contributed by atoms with Gasteiger partial charge in [-0.05, 0) is 35.9 Å². The fourth-order valence-corrected chi connectivity index (χ4v) is 2.55. The standard InChI is InChI=1S/C20H13F2N3O4/c1-11-23-18(25-29-11)10-27-14-5-2-12(3-6-14)8-17-20(26)28-19(24-17)15-7-4-13(21)9-16(15)22/h2-9H,10H2,1H3/b17-8+. The maximum absolute atomic E-state index is 13.9. The third-order valence-electron chi connectivity index (χ3n) is 3.90. The summed E-state index contributed by atoms with van der Waals surface area (Å²) >= 11 is 0. The van der Waals surface area contributed by atoms with Gasteiger partial charge < -0.3 is 14.0 Å². The largest absolute Gasteiger partial charge is 0.485 e. The normalized spacial score (nSPS) is 14.8. The molecule has 0 unspecified atom stereocenters. The van der Waals surface area contributed by atoms with Gasteiger partial charge in [-0.15, -0.1) is 0 Å². The zero-order chi connectivity index (χ0) is 20.4. The second kappa shape index (κ2) is 7.63. The number of hydrogen-bond acceptors (Lipinski definition) is 7. The minimum Gasteiger partial charge on any atom is -0.485 e. The van der Waals surface area contributed by atoms with E-state index >= 15 is 0 Å². The lowest BCUT2D eigenvalue weighted by molar-refractivity contribution is -0.129. The molecule has 0 saturated heterocycles. The molecule has 1 aromatic heterocycles. The number of rotatable bonds is 5. The summed E-state index contributed by atoms with van der Waals surface area (Å²) in [5.74, 6) is -1.08. The van der Waals surface area contributed by atoms with Crippen molar-refractivity contribution in [3.63, 3.8) is 0 Å². The number of ether oxygens (including phenoxy) is 2. The summed E-state index contributed by atoms with van der Waals surface area (Å²) in [5, 5.41) is 3.73. The number of esters is 1. The van der Waals surface area contributed by atoms with Crippen LogP contribution in [-0.2, 0) is 16.1 Å². The summed E-state index contributed by atoms with van der Waals surface area (Å²) in [6, 6.07) is 9.74.